The molecule has 8 nitrogen and oxygen atoms in total. The lowest BCUT2D eigenvalue weighted by atomic mass is 10.1. The van der Waals surface area contributed by atoms with E-state index < -0.39 is 27.8 Å². The Hall–Kier alpha value is -3.20. The summed E-state index contributed by atoms with van der Waals surface area (Å²) in [7, 11) is -4.09. The van der Waals surface area contributed by atoms with Gasteiger partial charge >= 0.3 is 0 Å². The summed E-state index contributed by atoms with van der Waals surface area (Å²) < 4.78 is 26.9. The maximum absolute atomic E-state index is 12.3. The van der Waals surface area contributed by atoms with Crippen molar-refractivity contribution in [1.29, 1.82) is 0 Å². The molecule has 1 aliphatic rings. The molecule has 122 valence electrons. The molecule has 0 fully saturated rings. The zero-order valence-electron chi connectivity index (χ0n) is 11.8. The number of carbonyl (C=O) groups is 2. The van der Waals surface area contributed by atoms with Crippen molar-refractivity contribution in [3.63, 3.8) is 0 Å². The van der Waals surface area contributed by atoms with Gasteiger partial charge in [0.1, 0.15) is 0 Å². The van der Waals surface area contributed by atoms with Crippen molar-refractivity contribution in [2.24, 2.45) is 4.99 Å². The molecule has 0 radical (unpaired) electrons. The number of hydrogen-bond acceptors (Lipinski definition) is 6. The lowest BCUT2D eigenvalue weighted by Gasteiger charge is -2.12. The van der Waals surface area contributed by atoms with E-state index >= 15 is 0 Å². The summed E-state index contributed by atoms with van der Waals surface area (Å²) in [4.78, 5) is 25.2. The molecule has 0 unspecified atom stereocenters. The maximum Gasteiger partial charge on any atom is 0.277 e. The van der Waals surface area contributed by atoms with Crippen molar-refractivity contribution in [3.05, 3.63) is 59.2 Å². The number of carboxylic acid groups (broad SMARTS) is 1. The van der Waals surface area contributed by atoms with Crippen molar-refractivity contribution in [3.8, 4) is 0 Å². The first-order valence-corrected chi connectivity index (χ1v) is 8.05. The van der Waals surface area contributed by atoms with E-state index in [-0.39, 0.29) is 27.3 Å². The third-order valence-electron chi connectivity index (χ3n) is 3.32. The Kier molecular flexibility index (Phi) is 3.57. The molecule has 1 N–H and O–H groups in total. The Balaban J connectivity index is 1.95. The van der Waals surface area contributed by atoms with Crippen LogP contribution >= 0.6 is 0 Å². The zero-order chi connectivity index (χ0) is 17.5. The summed E-state index contributed by atoms with van der Waals surface area (Å²) in [5.41, 5.74) is -0.136. The fourth-order valence-corrected chi connectivity index (χ4v) is 3.28. The van der Waals surface area contributed by atoms with Gasteiger partial charge < -0.3 is 15.0 Å². The molecule has 0 bridgehead atoms. The average molecular weight is 344 g/mol. The maximum atomic E-state index is 12.3. The van der Waals surface area contributed by atoms with Gasteiger partial charge in [-0.25, -0.2) is 13.4 Å². The molecular weight excluding hydrogens is 336 g/mol. The number of fused-ring (bicyclic) bond motifs is 1. The van der Waals surface area contributed by atoms with Crippen molar-refractivity contribution in [1.82, 2.24) is 0 Å². The number of rotatable bonds is 4. The minimum absolute atomic E-state index is 0.00341. The molecule has 0 saturated carbocycles. The van der Waals surface area contributed by atoms with Gasteiger partial charge in [0, 0.05) is 16.8 Å². The third-order valence-corrected chi connectivity index (χ3v) is 4.69. The van der Waals surface area contributed by atoms with E-state index in [4.69, 9.17) is 0 Å². The van der Waals surface area contributed by atoms with Crippen LogP contribution in [-0.4, -0.2) is 26.2 Å². The summed E-state index contributed by atoms with van der Waals surface area (Å²) in [5, 5.41) is 22.4. The fraction of sp³-hybridized carbons (Fsp3) is 0. The molecule has 2 aromatic carbocycles. The minimum atomic E-state index is -4.09. The van der Waals surface area contributed by atoms with E-state index in [1.807, 2.05) is 0 Å². The van der Waals surface area contributed by atoms with Crippen LogP contribution in [0, 0.1) is 0 Å². The Labute approximate surface area is 136 Å². The van der Waals surface area contributed by atoms with Gasteiger partial charge in [0.05, 0.1) is 10.9 Å². The van der Waals surface area contributed by atoms with Crippen LogP contribution in [0.4, 0.5) is 5.69 Å². The van der Waals surface area contributed by atoms with E-state index in [1.54, 1.807) is 0 Å². The molecule has 1 heterocycles. The largest absolute Gasteiger partial charge is 0.858 e. The number of anilines is 1. The van der Waals surface area contributed by atoms with Crippen LogP contribution in [0.5, 0.6) is 0 Å². The number of aliphatic imine (C=N–C) groups is 1. The minimum Gasteiger partial charge on any atom is -0.858 e. The van der Waals surface area contributed by atoms with Crippen molar-refractivity contribution >= 4 is 33.5 Å². The van der Waals surface area contributed by atoms with Gasteiger partial charge in [-0.05, 0) is 41.8 Å². The van der Waals surface area contributed by atoms with Crippen molar-refractivity contribution in [2.45, 2.75) is 4.90 Å². The van der Waals surface area contributed by atoms with Gasteiger partial charge in [-0.2, -0.15) is 0 Å². The number of hydrogen-bond donors (Lipinski definition) is 1. The molecule has 24 heavy (non-hydrogen) atoms. The highest BCUT2D eigenvalue weighted by atomic mass is 32.2. The third kappa shape index (κ3) is 2.72. The Morgan fingerprint density at radius 2 is 1.83 bits per heavy atom. The van der Waals surface area contributed by atoms with Gasteiger partial charge in [0.25, 0.3) is 15.9 Å². The molecular formula is C15H8N2O6S-2. The first kappa shape index (κ1) is 15.7. The van der Waals surface area contributed by atoms with Crippen LogP contribution < -0.4 is 14.9 Å². The second-order valence-corrected chi connectivity index (χ2v) is 6.59. The van der Waals surface area contributed by atoms with E-state index in [1.165, 1.54) is 36.4 Å². The summed E-state index contributed by atoms with van der Waals surface area (Å²) in [6.07, 6.45) is 0. The van der Waals surface area contributed by atoms with Gasteiger partial charge in [0.15, 0.2) is 0 Å². The normalized spacial score (nSPS) is 13.3. The molecule has 0 saturated heterocycles. The van der Waals surface area contributed by atoms with E-state index in [0.29, 0.717) is 0 Å². The summed E-state index contributed by atoms with van der Waals surface area (Å²) in [5.74, 6) is -2.92. The Morgan fingerprint density at radius 1 is 1.08 bits per heavy atom. The number of sulfonamides is 1. The van der Waals surface area contributed by atoms with Gasteiger partial charge in [-0.1, -0.05) is 12.1 Å². The van der Waals surface area contributed by atoms with E-state index in [0.717, 1.165) is 6.07 Å². The first-order chi connectivity index (χ1) is 11.3. The molecule has 9 heteroatoms. The van der Waals surface area contributed by atoms with Crippen LogP contribution in [0.25, 0.3) is 0 Å². The lowest BCUT2D eigenvalue weighted by molar-refractivity contribution is -0.255. The molecule has 1 aliphatic heterocycles. The van der Waals surface area contributed by atoms with E-state index in [2.05, 4.69) is 9.71 Å². The van der Waals surface area contributed by atoms with Crippen LogP contribution in [0.1, 0.15) is 26.3 Å². The Morgan fingerprint density at radius 3 is 2.54 bits per heavy atom. The van der Waals surface area contributed by atoms with Gasteiger partial charge in [-0.3, -0.25) is 9.52 Å². The smallest absolute Gasteiger partial charge is 0.277 e. The summed E-state index contributed by atoms with van der Waals surface area (Å²) in [6.45, 7) is 0. The Bertz CT molecular complexity index is 1010. The molecule has 0 atom stereocenters. The SMILES string of the molecule is O=C([O-])c1cccc(S(=O)(=O)Nc2ccc3c(c2)C([O-])=NC3=O)c1. The number of nitrogens with one attached hydrogen (secondary N) is 1. The number of nitrogens with zero attached hydrogens (tertiary/aromatic N) is 1. The standard InChI is InChI=1S/C15H10N2O6S/c18-13-11-5-4-9(7-12(11)14(19)16-13)17-24(22,23)10-3-1-2-8(6-10)15(20)21/h1-7,17H,(H,20,21)(H,16,18,19)/p-2. The van der Waals surface area contributed by atoms with Crippen molar-refractivity contribution < 1.29 is 28.2 Å². The van der Waals surface area contributed by atoms with Gasteiger partial charge in [-0.15, -0.1) is 0 Å². The van der Waals surface area contributed by atoms with Crippen molar-refractivity contribution in [2.75, 3.05) is 4.72 Å². The quantitative estimate of drug-likeness (QED) is 0.763. The predicted molar refractivity (Wildman–Crippen MR) is 78.9 cm³/mol. The highest BCUT2D eigenvalue weighted by molar-refractivity contribution is 7.92. The summed E-state index contributed by atoms with van der Waals surface area (Å²) >= 11 is 0. The monoisotopic (exact) mass is 344 g/mol. The van der Waals surface area contributed by atoms with Crippen LogP contribution in [-0.2, 0) is 10.0 Å². The highest BCUT2D eigenvalue weighted by Gasteiger charge is 2.20. The molecule has 3 rings (SSSR count). The van der Waals surface area contributed by atoms with Crippen LogP contribution in [0.2, 0.25) is 0 Å². The number of benzene rings is 2. The second-order valence-electron chi connectivity index (χ2n) is 4.90. The topological polar surface area (TPSA) is 139 Å². The van der Waals surface area contributed by atoms with Gasteiger partial charge in [0.2, 0.25) is 0 Å². The molecule has 2 aromatic rings. The second kappa shape index (κ2) is 5.46. The lowest BCUT2D eigenvalue weighted by Crippen LogP contribution is -2.23. The summed E-state index contributed by atoms with van der Waals surface area (Å²) in [6, 6.07) is 8.44. The number of aromatic carboxylic acids is 1. The average Bonchev–Trinajstić information content (AvgIpc) is 2.81. The van der Waals surface area contributed by atoms with Crippen LogP contribution in [0.15, 0.2) is 52.4 Å². The number of carboxylic acids is 1. The number of amides is 1. The zero-order valence-corrected chi connectivity index (χ0v) is 12.7. The fourth-order valence-electron chi connectivity index (χ4n) is 2.19. The number of carbonyl (C=O) groups excluding carboxylic acids is 2. The molecule has 1 amide bonds. The molecule has 0 aromatic heterocycles. The predicted octanol–water partition coefficient (Wildman–Crippen LogP) is -0.888. The van der Waals surface area contributed by atoms with E-state index in [9.17, 15) is 28.2 Å². The molecule has 0 spiro atoms. The first-order valence-electron chi connectivity index (χ1n) is 6.56. The molecule has 0 aliphatic carbocycles. The van der Waals surface area contributed by atoms with Crippen LogP contribution in [0.3, 0.4) is 0 Å². The highest BCUT2D eigenvalue weighted by Crippen LogP contribution is 2.23.